The fourth-order valence-corrected chi connectivity index (χ4v) is 3.50. The van der Waals surface area contributed by atoms with Crippen LogP contribution in [-0.2, 0) is 9.53 Å². The van der Waals surface area contributed by atoms with Gasteiger partial charge in [0.05, 0.1) is 13.0 Å². The second-order valence-electron chi connectivity index (χ2n) is 6.08. The highest BCUT2D eigenvalue weighted by molar-refractivity contribution is 5.86. The predicted octanol–water partition coefficient (Wildman–Crippen LogP) is 3.79. The SMILES string of the molecule is COC(=O)C1CCN([C@H](C)c2cccc3ccccc23)CC1. The van der Waals surface area contributed by atoms with Crippen molar-refractivity contribution in [2.75, 3.05) is 20.2 Å². The van der Waals surface area contributed by atoms with Crippen molar-refractivity contribution in [2.24, 2.45) is 5.92 Å². The van der Waals surface area contributed by atoms with Gasteiger partial charge in [-0.25, -0.2) is 0 Å². The van der Waals surface area contributed by atoms with Crippen molar-refractivity contribution in [3.05, 3.63) is 48.0 Å². The minimum atomic E-state index is -0.0579. The molecule has 116 valence electrons. The molecule has 3 heteroatoms. The molecule has 1 atom stereocenters. The van der Waals surface area contributed by atoms with Gasteiger partial charge in [-0.15, -0.1) is 0 Å². The molecule has 0 aromatic heterocycles. The summed E-state index contributed by atoms with van der Waals surface area (Å²) in [6.45, 7) is 4.16. The van der Waals surface area contributed by atoms with Crippen LogP contribution in [0.1, 0.15) is 31.4 Å². The molecule has 3 nitrogen and oxygen atoms in total. The topological polar surface area (TPSA) is 29.5 Å². The van der Waals surface area contributed by atoms with Gasteiger partial charge in [-0.05, 0) is 49.2 Å². The summed E-state index contributed by atoms with van der Waals surface area (Å²) in [5, 5.41) is 2.61. The molecule has 0 saturated carbocycles. The Morgan fingerprint density at radius 2 is 1.82 bits per heavy atom. The van der Waals surface area contributed by atoms with Crippen molar-refractivity contribution >= 4 is 16.7 Å². The van der Waals surface area contributed by atoms with E-state index in [9.17, 15) is 4.79 Å². The number of rotatable bonds is 3. The number of piperidine rings is 1. The summed E-state index contributed by atoms with van der Waals surface area (Å²) >= 11 is 0. The molecule has 1 heterocycles. The molecule has 1 fully saturated rings. The van der Waals surface area contributed by atoms with E-state index in [2.05, 4.69) is 54.3 Å². The number of esters is 1. The highest BCUT2D eigenvalue weighted by Crippen LogP contribution is 2.31. The smallest absolute Gasteiger partial charge is 0.308 e. The highest BCUT2D eigenvalue weighted by Gasteiger charge is 2.28. The first-order valence-electron chi connectivity index (χ1n) is 8.00. The Bertz CT molecular complexity index is 654. The van der Waals surface area contributed by atoms with Gasteiger partial charge in [-0.2, -0.15) is 0 Å². The van der Waals surface area contributed by atoms with E-state index in [1.165, 1.54) is 23.4 Å². The molecule has 0 radical (unpaired) electrons. The van der Waals surface area contributed by atoms with E-state index in [-0.39, 0.29) is 11.9 Å². The summed E-state index contributed by atoms with van der Waals surface area (Å²) in [6.07, 6.45) is 1.78. The van der Waals surface area contributed by atoms with E-state index in [0.717, 1.165) is 25.9 Å². The number of methoxy groups -OCH3 is 1. The summed E-state index contributed by atoms with van der Waals surface area (Å²) in [7, 11) is 1.48. The van der Waals surface area contributed by atoms with Crippen LogP contribution in [0.3, 0.4) is 0 Å². The van der Waals surface area contributed by atoms with Crippen LogP contribution in [0, 0.1) is 5.92 Å². The lowest BCUT2D eigenvalue weighted by atomic mass is 9.93. The summed E-state index contributed by atoms with van der Waals surface area (Å²) in [5.74, 6) is 0.0124. The van der Waals surface area contributed by atoms with Crippen LogP contribution in [0.15, 0.2) is 42.5 Å². The van der Waals surface area contributed by atoms with Crippen LogP contribution in [-0.4, -0.2) is 31.1 Å². The van der Waals surface area contributed by atoms with Gasteiger partial charge >= 0.3 is 5.97 Å². The zero-order valence-corrected chi connectivity index (χ0v) is 13.3. The first-order valence-corrected chi connectivity index (χ1v) is 8.00. The Labute approximate surface area is 131 Å². The van der Waals surface area contributed by atoms with E-state index in [4.69, 9.17) is 4.74 Å². The van der Waals surface area contributed by atoms with Crippen LogP contribution in [0.25, 0.3) is 10.8 Å². The number of benzene rings is 2. The number of likely N-dealkylation sites (tertiary alicyclic amines) is 1. The number of ether oxygens (including phenoxy) is 1. The first-order chi connectivity index (χ1) is 10.7. The van der Waals surface area contributed by atoms with Gasteiger partial charge in [0, 0.05) is 6.04 Å². The van der Waals surface area contributed by atoms with Crippen molar-refractivity contribution in [1.82, 2.24) is 4.90 Å². The summed E-state index contributed by atoms with van der Waals surface area (Å²) in [4.78, 5) is 14.1. The van der Waals surface area contributed by atoms with Gasteiger partial charge in [0.15, 0.2) is 0 Å². The second kappa shape index (κ2) is 6.49. The van der Waals surface area contributed by atoms with Crippen molar-refractivity contribution in [1.29, 1.82) is 0 Å². The van der Waals surface area contributed by atoms with Crippen LogP contribution in [0.5, 0.6) is 0 Å². The minimum Gasteiger partial charge on any atom is -0.469 e. The minimum absolute atomic E-state index is 0.0579. The van der Waals surface area contributed by atoms with Crippen LogP contribution >= 0.6 is 0 Å². The number of hydrogen-bond acceptors (Lipinski definition) is 3. The lowest BCUT2D eigenvalue weighted by Gasteiger charge is -2.35. The summed E-state index contributed by atoms with van der Waals surface area (Å²) in [5.41, 5.74) is 1.37. The molecule has 1 aliphatic heterocycles. The molecule has 1 saturated heterocycles. The molecular weight excluding hydrogens is 274 g/mol. The summed E-state index contributed by atoms with van der Waals surface area (Å²) in [6, 6.07) is 15.4. The second-order valence-corrected chi connectivity index (χ2v) is 6.08. The number of carbonyl (C=O) groups excluding carboxylic acids is 1. The van der Waals surface area contributed by atoms with Crippen LogP contribution in [0.4, 0.5) is 0 Å². The molecule has 2 aromatic rings. The third kappa shape index (κ3) is 2.86. The molecular formula is C19H23NO2. The molecule has 2 aromatic carbocycles. The van der Waals surface area contributed by atoms with E-state index in [1.54, 1.807) is 0 Å². The van der Waals surface area contributed by atoms with Gasteiger partial charge < -0.3 is 4.74 Å². The average Bonchev–Trinajstić information content (AvgIpc) is 2.60. The van der Waals surface area contributed by atoms with Gasteiger partial charge in [0.25, 0.3) is 0 Å². The van der Waals surface area contributed by atoms with Crippen molar-refractivity contribution in [3.8, 4) is 0 Å². The maximum atomic E-state index is 11.6. The Morgan fingerprint density at radius 1 is 1.14 bits per heavy atom. The van der Waals surface area contributed by atoms with Crippen molar-refractivity contribution in [3.63, 3.8) is 0 Å². The summed E-state index contributed by atoms with van der Waals surface area (Å²) < 4.78 is 4.87. The zero-order valence-electron chi connectivity index (χ0n) is 13.3. The number of fused-ring (bicyclic) bond motifs is 1. The third-order valence-corrected chi connectivity index (χ3v) is 4.89. The van der Waals surface area contributed by atoms with E-state index in [1.807, 2.05) is 0 Å². The number of carbonyl (C=O) groups is 1. The van der Waals surface area contributed by atoms with Gasteiger partial charge in [-0.3, -0.25) is 9.69 Å². The van der Waals surface area contributed by atoms with Gasteiger partial charge in [0.1, 0.15) is 0 Å². The molecule has 3 rings (SSSR count). The van der Waals surface area contributed by atoms with Gasteiger partial charge in [0.2, 0.25) is 0 Å². The Balaban J connectivity index is 1.77. The molecule has 1 aliphatic rings. The predicted molar refractivity (Wildman–Crippen MR) is 88.7 cm³/mol. The fourth-order valence-electron chi connectivity index (χ4n) is 3.50. The molecule has 22 heavy (non-hydrogen) atoms. The standard InChI is InChI=1S/C19H23NO2/c1-14(20-12-10-16(11-13-20)19(21)22-2)17-9-5-7-15-6-3-4-8-18(15)17/h3-9,14,16H,10-13H2,1-2H3/t14-/m1/s1. The van der Waals surface area contributed by atoms with E-state index >= 15 is 0 Å². The Kier molecular flexibility index (Phi) is 4.44. The van der Waals surface area contributed by atoms with E-state index in [0.29, 0.717) is 6.04 Å². The molecule has 0 spiro atoms. The fraction of sp³-hybridized carbons (Fsp3) is 0.421. The third-order valence-electron chi connectivity index (χ3n) is 4.89. The highest BCUT2D eigenvalue weighted by atomic mass is 16.5. The largest absolute Gasteiger partial charge is 0.469 e. The van der Waals surface area contributed by atoms with Crippen LogP contribution < -0.4 is 0 Å². The first kappa shape index (κ1) is 15.0. The van der Waals surface area contributed by atoms with E-state index < -0.39 is 0 Å². The van der Waals surface area contributed by atoms with Gasteiger partial charge in [-0.1, -0.05) is 42.5 Å². The zero-order chi connectivity index (χ0) is 15.5. The molecule has 0 N–H and O–H groups in total. The van der Waals surface area contributed by atoms with Crippen LogP contribution in [0.2, 0.25) is 0 Å². The monoisotopic (exact) mass is 297 g/mol. The lowest BCUT2D eigenvalue weighted by molar-refractivity contribution is -0.147. The number of nitrogens with zero attached hydrogens (tertiary/aromatic N) is 1. The normalized spacial score (nSPS) is 18.3. The number of hydrogen-bond donors (Lipinski definition) is 0. The molecule has 0 amide bonds. The maximum Gasteiger partial charge on any atom is 0.308 e. The molecule has 0 bridgehead atoms. The van der Waals surface area contributed by atoms with Crippen molar-refractivity contribution in [2.45, 2.75) is 25.8 Å². The molecule has 0 aliphatic carbocycles. The van der Waals surface area contributed by atoms with Crippen molar-refractivity contribution < 1.29 is 9.53 Å². The lowest BCUT2D eigenvalue weighted by Crippen LogP contribution is -2.38. The Morgan fingerprint density at radius 3 is 2.55 bits per heavy atom. The maximum absolute atomic E-state index is 11.6. The quantitative estimate of drug-likeness (QED) is 0.807. The Hall–Kier alpha value is -1.87. The average molecular weight is 297 g/mol. The molecule has 0 unspecified atom stereocenters.